The van der Waals surface area contributed by atoms with Gasteiger partial charge in [0.2, 0.25) is 0 Å². The van der Waals surface area contributed by atoms with Crippen LogP contribution in [0.2, 0.25) is 0 Å². The minimum absolute atomic E-state index is 0.0385. The van der Waals surface area contributed by atoms with Gasteiger partial charge in [-0.3, -0.25) is 0 Å². The zero-order valence-corrected chi connectivity index (χ0v) is 6.94. The maximum Gasteiger partial charge on any atom is 0.384 e. The van der Waals surface area contributed by atoms with Crippen molar-refractivity contribution in [2.24, 2.45) is 4.99 Å². The normalized spacial score (nSPS) is 11.0. The molecule has 0 aliphatic heterocycles. The monoisotopic (exact) mass is 200 g/mol. The predicted molar refractivity (Wildman–Crippen MR) is 45.0 cm³/mol. The summed E-state index contributed by atoms with van der Waals surface area (Å²) in [6.45, 7) is 3.09. The SMILES string of the molecule is C=Nc1cccc(C(F)(F)C(=O)O)n1. The van der Waals surface area contributed by atoms with E-state index in [9.17, 15) is 13.6 Å². The van der Waals surface area contributed by atoms with Crippen molar-refractivity contribution in [2.45, 2.75) is 5.92 Å². The molecule has 1 aromatic heterocycles. The minimum atomic E-state index is -4.00. The van der Waals surface area contributed by atoms with Gasteiger partial charge >= 0.3 is 11.9 Å². The second kappa shape index (κ2) is 3.49. The smallest absolute Gasteiger partial charge is 0.384 e. The molecular weight excluding hydrogens is 194 g/mol. The molecule has 1 N–H and O–H groups in total. The van der Waals surface area contributed by atoms with E-state index < -0.39 is 17.6 Å². The summed E-state index contributed by atoms with van der Waals surface area (Å²) in [7, 11) is 0. The maximum atomic E-state index is 12.9. The van der Waals surface area contributed by atoms with Crippen LogP contribution in [-0.4, -0.2) is 22.8 Å². The molecule has 1 heterocycles. The van der Waals surface area contributed by atoms with Gasteiger partial charge in [-0.25, -0.2) is 14.8 Å². The number of carboxylic acids is 1. The van der Waals surface area contributed by atoms with Gasteiger partial charge in [-0.1, -0.05) is 6.07 Å². The molecule has 0 fully saturated rings. The number of halogens is 2. The number of hydrogen-bond donors (Lipinski definition) is 1. The van der Waals surface area contributed by atoms with Crippen molar-refractivity contribution < 1.29 is 18.7 Å². The third kappa shape index (κ3) is 1.73. The van der Waals surface area contributed by atoms with Crippen LogP contribution < -0.4 is 0 Å². The van der Waals surface area contributed by atoms with Gasteiger partial charge in [0.25, 0.3) is 0 Å². The number of hydrogen-bond acceptors (Lipinski definition) is 3. The van der Waals surface area contributed by atoms with Crippen LogP contribution in [0.3, 0.4) is 0 Å². The fraction of sp³-hybridized carbons (Fsp3) is 0.125. The first kappa shape index (κ1) is 10.2. The zero-order valence-electron chi connectivity index (χ0n) is 6.94. The first-order valence-corrected chi connectivity index (χ1v) is 3.54. The van der Waals surface area contributed by atoms with E-state index in [4.69, 9.17) is 5.11 Å². The third-order valence-corrected chi connectivity index (χ3v) is 1.49. The first-order valence-electron chi connectivity index (χ1n) is 3.54. The Balaban J connectivity index is 3.18. The van der Waals surface area contributed by atoms with Crippen LogP contribution in [0, 0.1) is 0 Å². The number of carboxylic acid groups (broad SMARTS) is 1. The molecule has 0 spiro atoms. The fourth-order valence-electron chi connectivity index (χ4n) is 0.796. The van der Waals surface area contributed by atoms with E-state index in [0.717, 1.165) is 6.07 Å². The lowest BCUT2D eigenvalue weighted by Gasteiger charge is -2.09. The summed E-state index contributed by atoms with van der Waals surface area (Å²) in [6, 6.07) is 3.50. The second-order valence-corrected chi connectivity index (χ2v) is 2.42. The Hall–Kier alpha value is -1.85. The lowest BCUT2D eigenvalue weighted by Crippen LogP contribution is -2.26. The Bertz CT molecular complexity index is 379. The van der Waals surface area contributed by atoms with Gasteiger partial charge in [-0.15, -0.1) is 0 Å². The Labute approximate surface area is 77.9 Å². The summed E-state index contributed by atoms with van der Waals surface area (Å²) in [5.74, 6) is -6.28. The molecule has 14 heavy (non-hydrogen) atoms. The fourth-order valence-corrected chi connectivity index (χ4v) is 0.796. The van der Waals surface area contributed by atoms with Crippen LogP contribution in [0.25, 0.3) is 0 Å². The average Bonchev–Trinajstić information content (AvgIpc) is 2.17. The summed E-state index contributed by atoms with van der Waals surface area (Å²) in [5.41, 5.74) is -0.852. The molecule has 0 unspecified atom stereocenters. The molecule has 0 atom stereocenters. The number of nitrogens with zero attached hydrogens (tertiary/aromatic N) is 2. The molecule has 0 saturated carbocycles. The molecule has 74 valence electrons. The minimum Gasteiger partial charge on any atom is -0.476 e. The molecular formula is C8H6F2N2O2. The van der Waals surface area contributed by atoms with Gasteiger partial charge in [0.05, 0.1) is 0 Å². The molecule has 0 bridgehead atoms. The van der Waals surface area contributed by atoms with Crippen molar-refractivity contribution >= 4 is 18.5 Å². The summed E-state index contributed by atoms with van der Waals surface area (Å²) < 4.78 is 25.7. The van der Waals surface area contributed by atoms with Crippen molar-refractivity contribution in [3.8, 4) is 0 Å². The Kier molecular flexibility index (Phi) is 2.55. The van der Waals surface area contributed by atoms with Crippen molar-refractivity contribution in [1.82, 2.24) is 4.98 Å². The molecule has 0 aromatic carbocycles. The number of pyridine rings is 1. The highest BCUT2D eigenvalue weighted by Gasteiger charge is 2.42. The van der Waals surface area contributed by atoms with E-state index in [1.165, 1.54) is 12.1 Å². The van der Waals surface area contributed by atoms with E-state index in [-0.39, 0.29) is 5.82 Å². The van der Waals surface area contributed by atoms with Gasteiger partial charge in [0.15, 0.2) is 5.82 Å². The van der Waals surface area contributed by atoms with Gasteiger partial charge < -0.3 is 5.11 Å². The molecule has 6 heteroatoms. The van der Waals surface area contributed by atoms with Crippen molar-refractivity contribution in [2.75, 3.05) is 0 Å². The standard InChI is InChI=1S/C8H6F2N2O2/c1-11-6-4-2-3-5(12-6)8(9,10)7(13)14/h2-4H,1H2,(H,13,14). The first-order chi connectivity index (χ1) is 6.48. The van der Waals surface area contributed by atoms with E-state index in [1.54, 1.807) is 0 Å². The lowest BCUT2D eigenvalue weighted by molar-refractivity contribution is -0.166. The van der Waals surface area contributed by atoms with Crippen LogP contribution in [0.1, 0.15) is 5.69 Å². The summed E-state index contributed by atoms with van der Waals surface area (Å²) in [5, 5.41) is 8.22. The van der Waals surface area contributed by atoms with Crippen LogP contribution in [0.5, 0.6) is 0 Å². The lowest BCUT2D eigenvalue weighted by atomic mass is 10.2. The van der Waals surface area contributed by atoms with Crippen LogP contribution in [-0.2, 0) is 10.7 Å². The topological polar surface area (TPSA) is 62.5 Å². The van der Waals surface area contributed by atoms with E-state index in [2.05, 4.69) is 16.7 Å². The number of aliphatic imine (C=N–C) groups is 1. The Morgan fingerprint density at radius 3 is 2.71 bits per heavy atom. The Morgan fingerprint density at radius 2 is 2.21 bits per heavy atom. The Morgan fingerprint density at radius 1 is 1.57 bits per heavy atom. The van der Waals surface area contributed by atoms with E-state index in [0.29, 0.717) is 0 Å². The largest absolute Gasteiger partial charge is 0.476 e. The highest BCUT2D eigenvalue weighted by atomic mass is 19.3. The van der Waals surface area contributed by atoms with Crippen molar-refractivity contribution in [3.05, 3.63) is 23.9 Å². The van der Waals surface area contributed by atoms with Crippen LogP contribution >= 0.6 is 0 Å². The average molecular weight is 200 g/mol. The summed E-state index contributed by atoms with van der Waals surface area (Å²) >= 11 is 0. The molecule has 0 aliphatic rings. The molecule has 1 aromatic rings. The molecule has 0 radical (unpaired) electrons. The number of carbonyl (C=O) groups is 1. The van der Waals surface area contributed by atoms with Gasteiger partial charge in [0, 0.05) is 0 Å². The molecule has 1 rings (SSSR count). The third-order valence-electron chi connectivity index (χ3n) is 1.49. The van der Waals surface area contributed by atoms with E-state index in [1.807, 2.05) is 0 Å². The second-order valence-electron chi connectivity index (χ2n) is 2.42. The highest BCUT2D eigenvalue weighted by molar-refractivity contribution is 5.76. The number of aromatic nitrogens is 1. The summed E-state index contributed by atoms with van der Waals surface area (Å²) in [6.07, 6.45) is 0. The van der Waals surface area contributed by atoms with Crippen molar-refractivity contribution in [3.63, 3.8) is 0 Å². The van der Waals surface area contributed by atoms with Crippen molar-refractivity contribution in [1.29, 1.82) is 0 Å². The number of aliphatic carboxylic acids is 1. The van der Waals surface area contributed by atoms with Gasteiger partial charge in [0.1, 0.15) is 5.69 Å². The van der Waals surface area contributed by atoms with Gasteiger partial charge in [-0.05, 0) is 18.9 Å². The maximum absolute atomic E-state index is 12.9. The van der Waals surface area contributed by atoms with E-state index >= 15 is 0 Å². The quantitative estimate of drug-likeness (QED) is 0.753. The molecule has 0 amide bonds. The predicted octanol–water partition coefficient (Wildman–Crippen LogP) is 1.59. The highest BCUT2D eigenvalue weighted by Crippen LogP contribution is 2.27. The van der Waals surface area contributed by atoms with Crippen LogP contribution in [0.4, 0.5) is 14.6 Å². The number of rotatable bonds is 3. The zero-order chi connectivity index (χ0) is 10.8. The van der Waals surface area contributed by atoms with Gasteiger partial charge in [-0.2, -0.15) is 8.78 Å². The summed E-state index contributed by atoms with van der Waals surface area (Å²) in [4.78, 5) is 16.8. The van der Waals surface area contributed by atoms with Crippen LogP contribution in [0.15, 0.2) is 23.2 Å². The molecule has 0 aliphatic carbocycles. The number of alkyl halides is 2. The molecule has 4 nitrogen and oxygen atoms in total. The molecule has 0 saturated heterocycles.